The summed E-state index contributed by atoms with van der Waals surface area (Å²) in [6.07, 6.45) is 1.77. The minimum atomic E-state index is 0. The average molecular weight is 244 g/mol. The molecule has 80 valence electrons. The molecule has 2 aromatic rings. The van der Waals surface area contributed by atoms with Crippen LogP contribution in [-0.2, 0) is 6.54 Å². The van der Waals surface area contributed by atoms with Crippen LogP contribution in [0.1, 0.15) is 11.4 Å². The van der Waals surface area contributed by atoms with Crippen LogP contribution in [-0.4, -0.2) is 9.97 Å². The predicted molar refractivity (Wildman–Crippen MR) is 64.4 cm³/mol. The largest absolute Gasteiger partial charge is 0.326 e. The molecular formula is C10H11Cl2N3. The van der Waals surface area contributed by atoms with Crippen LogP contribution < -0.4 is 5.73 Å². The lowest BCUT2D eigenvalue weighted by atomic mass is 10.1. The van der Waals surface area contributed by atoms with Crippen LogP contribution in [0.3, 0.4) is 0 Å². The molecule has 0 fully saturated rings. The summed E-state index contributed by atoms with van der Waals surface area (Å²) in [5.41, 5.74) is 7.41. The first-order chi connectivity index (χ1) is 6.72. The fourth-order valence-corrected chi connectivity index (χ4v) is 1.68. The maximum Gasteiger partial charge on any atom is 0.125 e. The van der Waals surface area contributed by atoms with E-state index in [9.17, 15) is 0 Å². The summed E-state index contributed by atoms with van der Waals surface area (Å²) < 4.78 is 0. The number of nitrogens with zero attached hydrogens (tertiary/aromatic N) is 2. The van der Waals surface area contributed by atoms with Gasteiger partial charge in [-0.15, -0.1) is 12.4 Å². The van der Waals surface area contributed by atoms with E-state index in [0.717, 1.165) is 22.3 Å². The number of nitrogens with two attached hydrogens (primary N) is 1. The molecule has 1 aromatic heterocycles. The van der Waals surface area contributed by atoms with E-state index >= 15 is 0 Å². The lowest BCUT2D eigenvalue weighted by molar-refractivity contribution is 1.06. The first kappa shape index (κ1) is 12.2. The highest BCUT2D eigenvalue weighted by Gasteiger charge is 2.05. The summed E-state index contributed by atoms with van der Waals surface area (Å²) >= 11 is 6.01. The van der Waals surface area contributed by atoms with Crippen molar-refractivity contribution in [1.29, 1.82) is 0 Å². The van der Waals surface area contributed by atoms with E-state index in [1.807, 2.05) is 19.1 Å². The third-order valence-corrected chi connectivity index (χ3v) is 2.50. The van der Waals surface area contributed by atoms with Gasteiger partial charge in [0.15, 0.2) is 0 Å². The number of aromatic nitrogens is 2. The van der Waals surface area contributed by atoms with Crippen LogP contribution in [0.15, 0.2) is 18.3 Å². The van der Waals surface area contributed by atoms with Gasteiger partial charge in [-0.1, -0.05) is 11.6 Å². The SMILES string of the molecule is Cc1ncc2c(CN)c(Cl)ccc2n1.Cl. The smallest absolute Gasteiger partial charge is 0.125 e. The van der Waals surface area contributed by atoms with E-state index in [-0.39, 0.29) is 12.4 Å². The average Bonchev–Trinajstić information content (AvgIpc) is 2.18. The van der Waals surface area contributed by atoms with E-state index in [2.05, 4.69) is 9.97 Å². The second-order valence-electron chi connectivity index (χ2n) is 3.08. The molecule has 5 heteroatoms. The zero-order valence-corrected chi connectivity index (χ0v) is 9.77. The van der Waals surface area contributed by atoms with Gasteiger partial charge in [0, 0.05) is 23.2 Å². The van der Waals surface area contributed by atoms with Gasteiger partial charge in [0.1, 0.15) is 5.82 Å². The van der Waals surface area contributed by atoms with E-state index in [1.165, 1.54) is 0 Å². The van der Waals surface area contributed by atoms with Crippen molar-refractivity contribution in [2.24, 2.45) is 5.73 Å². The van der Waals surface area contributed by atoms with Gasteiger partial charge in [0.25, 0.3) is 0 Å². The fourth-order valence-electron chi connectivity index (χ4n) is 1.44. The Bertz CT molecular complexity index is 485. The number of benzene rings is 1. The molecule has 0 aliphatic heterocycles. The molecule has 0 saturated carbocycles. The zero-order valence-electron chi connectivity index (χ0n) is 8.20. The van der Waals surface area contributed by atoms with E-state index < -0.39 is 0 Å². The van der Waals surface area contributed by atoms with Crippen molar-refractivity contribution in [3.05, 3.63) is 34.7 Å². The lowest BCUT2D eigenvalue weighted by Gasteiger charge is -2.05. The van der Waals surface area contributed by atoms with E-state index in [4.69, 9.17) is 17.3 Å². The quantitative estimate of drug-likeness (QED) is 0.838. The Morgan fingerprint density at radius 2 is 2.13 bits per heavy atom. The van der Waals surface area contributed by atoms with Crippen molar-refractivity contribution in [2.45, 2.75) is 13.5 Å². The van der Waals surface area contributed by atoms with Crippen molar-refractivity contribution < 1.29 is 0 Å². The molecule has 0 spiro atoms. The van der Waals surface area contributed by atoms with Gasteiger partial charge >= 0.3 is 0 Å². The Hall–Kier alpha value is -0.900. The second-order valence-corrected chi connectivity index (χ2v) is 3.49. The van der Waals surface area contributed by atoms with Gasteiger partial charge < -0.3 is 5.73 Å². The molecule has 1 heterocycles. The second kappa shape index (κ2) is 4.75. The summed E-state index contributed by atoms with van der Waals surface area (Å²) in [4.78, 5) is 8.43. The molecule has 0 aliphatic carbocycles. The molecular weight excluding hydrogens is 233 g/mol. The number of rotatable bonds is 1. The van der Waals surface area contributed by atoms with Crippen LogP contribution in [0.4, 0.5) is 0 Å². The van der Waals surface area contributed by atoms with Crippen LogP contribution in [0, 0.1) is 6.92 Å². The molecule has 1 aromatic carbocycles. The molecule has 0 bridgehead atoms. The van der Waals surface area contributed by atoms with Crippen molar-refractivity contribution >= 4 is 34.9 Å². The monoisotopic (exact) mass is 243 g/mol. The number of fused-ring (bicyclic) bond motifs is 1. The highest BCUT2D eigenvalue weighted by Crippen LogP contribution is 2.23. The first-order valence-corrected chi connectivity index (χ1v) is 4.71. The van der Waals surface area contributed by atoms with Crippen molar-refractivity contribution in [3.8, 4) is 0 Å². The molecule has 0 unspecified atom stereocenters. The summed E-state index contributed by atoms with van der Waals surface area (Å²) in [7, 11) is 0. The highest BCUT2D eigenvalue weighted by molar-refractivity contribution is 6.32. The standard InChI is InChI=1S/C10H10ClN3.ClH/c1-6-13-5-8-7(4-12)9(11)2-3-10(8)14-6;/h2-3,5H,4,12H2,1H3;1H. The van der Waals surface area contributed by atoms with E-state index in [0.29, 0.717) is 11.6 Å². The third kappa shape index (κ3) is 2.20. The van der Waals surface area contributed by atoms with Gasteiger partial charge in [-0.3, -0.25) is 0 Å². The molecule has 0 radical (unpaired) electrons. The van der Waals surface area contributed by atoms with Gasteiger partial charge in [-0.2, -0.15) is 0 Å². The molecule has 0 atom stereocenters. The maximum absolute atomic E-state index is 6.01. The number of aryl methyl sites for hydroxylation is 1. The van der Waals surface area contributed by atoms with Gasteiger partial charge in [-0.05, 0) is 24.6 Å². The molecule has 3 nitrogen and oxygen atoms in total. The molecule has 0 saturated heterocycles. The van der Waals surface area contributed by atoms with Crippen LogP contribution in [0.2, 0.25) is 5.02 Å². The van der Waals surface area contributed by atoms with Crippen LogP contribution in [0.5, 0.6) is 0 Å². The number of hydrogen-bond acceptors (Lipinski definition) is 3. The number of halogens is 2. The Labute approximate surface area is 99.1 Å². The summed E-state index contributed by atoms with van der Waals surface area (Å²) in [6.45, 7) is 2.26. The fraction of sp³-hybridized carbons (Fsp3) is 0.200. The molecule has 15 heavy (non-hydrogen) atoms. The molecule has 0 aliphatic rings. The van der Waals surface area contributed by atoms with Crippen molar-refractivity contribution in [2.75, 3.05) is 0 Å². The molecule has 0 amide bonds. The minimum absolute atomic E-state index is 0. The lowest BCUT2D eigenvalue weighted by Crippen LogP contribution is -2.00. The Balaban J connectivity index is 0.00000112. The predicted octanol–water partition coefficient (Wildman–Crippen LogP) is 2.47. The summed E-state index contributed by atoms with van der Waals surface area (Å²) in [5, 5.41) is 1.61. The Kier molecular flexibility index (Phi) is 3.85. The topological polar surface area (TPSA) is 51.8 Å². The Morgan fingerprint density at radius 1 is 1.40 bits per heavy atom. The van der Waals surface area contributed by atoms with Crippen molar-refractivity contribution in [1.82, 2.24) is 9.97 Å². The zero-order chi connectivity index (χ0) is 10.1. The van der Waals surface area contributed by atoms with Gasteiger partial charge in [0.05, 0.1) is 5.52 Å². The van der Waals surface area contributed by atoms with Gasteiger partial charge in [0.2, 0.25) is 0 Å². The number of hydrogen-bond donors (Lipinski definition) is 1. The Morgan fingerprint density at radius 3 is 2.80 bits per heavy atom. The normalized spacial score (nSPS) is 10.1. The van der Waals surface area contributed by atoms with Gasteiger partial charge in [-0.25, -0.2) is 9.97 Å². The van der Waals surface area contributed by atoms with Crippen molar-refractivity contribution in [3.63, 3.8) is 0 Å². The third-order valence-electron chi connectivity index (χ3n) is 2.14. The maximum atomic E-state index is 6.01. The highest BCUT2D eigenvalue weighted by atomic mass is 35.5. The first-order valence-electron chi connectivity index (χ1n) is 4.33. The minimum Gasteiger partial charge on any atom is -0.326 e. The van der Waals surface area contributed by atoms with Crippen LogP contribution >= 0.6 is 24.0 Å². The summed E-state index contributed by atoms with van der Waals surface area (Å²) in [5.74, 6) is 0.753. The summed E-state index contributed by atoms with van der Waals surface area (Å²) in [6, 6.07) is 3.70. The molecule has 2 N–H and O–H groups in total. The van der Waals surface area contributed by atoms with Crippen LogP contribution in [0.25, 0.3) is 10.9 Å². The molecule has 2 rings (SSSR count). The van der Waals surface area contributed by atoms with E-state index in [1.54, 1.807) is 6.20 Å².